The number of hydrogen-bond acceptors (Lipinski definition) is 1. The van der Waals surface area contributed by atoms with Crippen molar-refractivity contribution >= 4 is 6.29 Å². The lowest BCUT2D eigenvalue weighted by molar-refractivity contribution is -0.135. The first-order valence-corrected chi connectivity index (χ1v) is 8.63. The molecule has 0 N–H and O–H groups in total. The first-order chi connectivity index (χ1) is 11.0. The quantitative estimate of drug-likeness (QED) is 0.316. The number of carbonyl (C=O) groups is 1. The van der Waals surface area contributed by atoms with Gasteiger partial charge in [0.05, 0.1) is 0 Å². The van der Waals surface area contributed by atoms with Gasteiger partial charge in [0.1, 0.15) is 6.29 Å². The van der Waals surface area contributed by atoms with Gasteiger partial charge in [0.15, 0.2) is 0 Å². The van der Waals surface area contributed by atoms with E-state index in [1.54, 1.807) is 0 Å². The van der Waals surface area contributed by atoms with Crippen LogP contribution in [0.5, 0.6) is 0 Å². The van der Waals surface area contributed by atoms with E-state index in [-0.39, 0.29) is 6.42 Å². The number of rotatable bonds is 12. The Bertz CT molecular complexity index is 440. The first kappa shape index (κ1) is 19.7. The number of aryl methyl sites for hydroxylation is 1. The average molecular weight is 328 g/mol. The van der Waals surface area contributed by atoms with Gasteiger partial charge in [-0.3, -0.25) is 4.79 Å². The zero-order valence-electron chi connectivity index (χ0n) is 13.7. The summed E-state index contributed by atoms with van der Waals surface area (Å²) in [4.78, 5) is 10.9. The third-order valence-electron chi connectivity index (χ3n) is 4.09. The standard InChI is InChI=1S/C19H27F3O/c20-19(21,22)15-11-7-5-3-1-2-4-6-8-12-17-13-9-10-14-18(17)16-23/h9-10,13-14,16H,1-8,11-12,15H2. The van der Waals surface area contributed by atoms with Gasteiger partial charge in [-0.25, -0.2) is 0 Å². The SMILES string of the molecule is O=Cc1ccccc1CCCCCCCCCCCC(F)(F)F. The van der Waals surface area contributed by atoms with Gasteiger partial charge in [-0.1, -0.05) is 69.2 Å². The van der Waals surface area contributed by atoms with E-state index in [0.717, 1.165) is 68.8 Å². The van der Waals surface area contributed by atoms with Crippen molar-refractivity contribution in [2.75, 3.05) is 0 Å². The van der Waals surface area contributed by atoms with Crippen LogP contribution >= 0.6 is 0 Å². The Balaban J connectivity index is 1.93. The van der Waals surface area contributed by atoms with Gasteiger partial charge in [0, 0.05) is 12.0 Å². The Hall–Kier alpha value is -1.32. The highest BCUT2D eigenvalue weighted by molar-refractivity contribution is 5.77. The lowest BCUT2D eigenvalue weighted by Crippen LogP contribution is -2.06. The average Bonchev–Trinajstić information content (AvgIpc) is 2.52. The summed E-state index contributed by atoms with van der Waals surface area (Å²) in [7, 11) is 0. The molecule has 0 amide bonds. The Morgan fingerprint density at radius 3 is 1.87 bits per heavy atom. The summed E-state index contributed by atoms with van der Waals surface area (Å²) in [6, 6.07) is 7.69. The van der Waals surface area contributed by atoms with Gasteiger partial charge in [0.25, 0.3) is 0 Å². The molecule has 0 aliphatic heterocycles. The minimum absolute atomic E-state index is 0.264. The van der Waals surface area contributed by atoms with Crippen molar-refractivity contribution in [3.8, 4) is 0 Å². The van der Waals surface area contributed by atoms with E-state index in [0.29, 0.717) is 6.42 Å². The third-order valence-corrected chi connectivity index (χ3v) is 4.09. The molecule has 1 aromatic carbocycles. The molecule has 0 unspecified atom stereocenters. The van der Waals surface area contributed by atoms with Crippen LogP contribution in [0.4, 0.5) is 13.2 Å². The predicted molar refractivity (Wildman–Crippen MR) is 87.8 cm³/mol. The third kappa shape index (κ3) is 10.1. The molecule has 1 rings (SSSR count). The van der Waals surface area contributed by atoms with Gasteiger partial charge in [-0.2, -0.15) is 13.2 Å². The van der Waals surface area contributed by atoms with Gasteiger partial charge >= 0.3 is 6.18 Å². The van der Waals surface area contributed by atoms with Crippen LogP contribution in [0.15, 0.2) is 24.3 Å². The summed E-state index contributed by atoms with van der Waals surface area (Å²) in [6.07, 6.45) is 5.73. The van der Waals surface area contributed by atoms with E-state index in [1.165, 1.54) is 0 Å². The molecule has 0 fully saturated rings. The molecule has 130 valence electrons. The summed E-state index contributed by atoms with van der Waals surface area (Å²) < 4.78 is 35.9. The number of alkyl halides is 3. The summed E-state index contributed by atoms with van der Waals surface area (Å²) in [5, 5.41) is 0. The summed E-state index contributed by atoms with van der Waals surface area (Å²) in [6.45, 7) is 0. The summed E-state index contributed by atoms with van der Waals surface area (Å²) in [5.74, 6) is 0. The molecule has 0 atom stereocenters. The fraction of sp³-hybridized carbons (Fsp3) is 0.632. The number of carbonyl (C=O) groups excluding carboxylic acids is 1. The topological polar surface area (TPSA) is 17.1 Å². The summed E-state index contributed by atoms with van der Waals surface area (Å²) in [5.41, 5.74) is 1.90. The smallest absolute Gasteiger partial charge is 0.298 e. The van der Waals surface area contributed by atoms with Crippen molar-refractivity contribution in [3.05, 3.63) is 35.4 Å². The maximum Gasteiger partial charge on any atom is 0.389 e. The van der Waals surface area contributed by atoms with Gasteiger partial charge in [0.2, 0.25) is 0 Å². The minimum Gasteiger partial charge on any atom is -0.298 e. The van der Waals surface area contributed by atoms with Crippen LogP contribution in [0.3, 0.4) is 0 Å². The lowest BCUT2D eigenvalue weighted by atomic mass is 10.0. The molecule has 0 aromatic heterocycles. The number of hydrogen-bond donors (Lipinski definition) is 0. The zero-order chi connectivity index (χ0) is 17.0. The highest BCUT2D eigenvalue weighted by Crippen LogP contribution is 2.23. The van der Waals surface area contributed by atoms with Crippen LogP contribution in [-0.4, -0.2) is 12.5 Å². The molecule has 4 heteroatoms. The van der Waals surface area contributed by atoms with E-state index in [2.05, 4.69) is 0 Å². The Morgan fingerprint density at radius 1 is 0.783 bits per heavy atom. The second-order valence-corrected chi connectivity index (χ2v) is 6.11. The van der Waals surface area contributed by atoms with Crippen LogP contribution in [0.25, 0.3) is 0 Å². The first-order valence-electron chi connectivity index (χ1n) is 8.63. The molecule has 0 aliphatic rings. The minimum atomic E-state index is -4.00. The second kappa shape index (κ2) is 11.3. The fourth-order valence-corrected chi connectivity index (χ4v) is 2.76. The van der Waals surface area contributed by atoms with E-state index >= 15 is 0 Å². The van der Waals surface area contributed by atoms with E-state index in [1.807, 2.05) is 24.3 Å². The molecule has 0 saturated carbocycles. The number of aldehydes is 1. The monoisotopic (exact) mass is 328 g/mol. The number of halogens is 3. The van der Waals surface area contributed by atoms with Crippen LogP contribution in [-0.2, 0) is 6.42 Å². The van der Waals surface area contributed by atoms with Gasteiger partial charge in [-0.05, 0) is 24.8 Å². The maximum atomic E-state index is 12.0. The molecule has 0 radical (unpaired) electrons. The van der Waals surface area contributed by atoms with E-state index < -0.39 is 12.6 Å². The molecular formula is C19H27F3O. The van der Waals surface area contributed by atoms with Crippen LogP contribution in [0.2, 0.25) is 0 Å². The molecule has 0 saturated heterocycles. The lowest BCUT2D eigenvalue weighted by Gasteiger charge is -2.06. The van der Waals surface area contributed by atoms with Crippen LogP contribution in [0, 0.1) is 0 Å². The maximum absolute atomic E-state index is 12.0. The Labute approximate surface area is 137 Å². The second-order valence-electron chi connectivity index (χ2n) is 6.11. The zero-order valence-corrected chi connectivity index (χ0v) is 13.7. The van der Waals surface area contributed by atoms with Crippen LogP contribution < -0.4 is 0 Å². The molecule has 23 heavy (non-hydrogen) atoms. The van der Waals surface area contributed by atoms with E-state index in [4.69, 9.17) is 0 Å². The van der Waals surface area contributed by atoms with Crippen molar-refractivity contribution in [2.45, 2.75) is 76.8 Å². The van der Waals surface area contributed by atoms with Crippen molar-refractivity contribution in [2.24, 2.45) is 0 Å². The molecule has 0 spiro atoms. The Morgan fingerprint density at radius 2 is 1.30 bits per heavy atom. The molecular weight excluding hydrogens is 301 g/mol. The normalized spacial score (nSPS) is 11.6. The molecule has 0 heterocycles. The number of unbranched alkanes of at least 4 members (excludes halogenated alkanes) is 8. The van der Waals surface area contributed by atoms with Gasteiger partial charge in [-0.15, -0.1) is 0 Å². The van der Waals surface area contributed by atoms with Crippen molar-refractivity contribution < 1.29 is 18.0 Å². The Kier molecular flexibility index (Phi) is 9.65. The highest BCUT2D eigenvalue weighted by atomic mass is 19.4. The molecule has 0 aliphatic carbocycles. The number of benzene rings is 1. The largest absolute Gasteiger partial charge is 0.389 e. The van der Waals surface area contributed by atoms with Crippen molar-refractivity contribution in [1.29, 1.82) is 0 Å². The molecule has 1 aromatic rings. The predicted octanol–water partition coefficient (Wildman–Crippen LogP) is 6.50. The van der Waals surface area contributed by atoms with Crippen molar-refractivity contribution in [1.82, 2.24) is 0 Å². The summed E-state index contributed by atoms with van der Waals surface area (Å²) >= 11 is 0. The molecule has 1 nitrogen and oxygen atoms in total. The molecule has 0 bridgehead atoms. The van der Waals surface area contributed by atoms with E-state index in [9.17, 15) is 18.0 Å². The van der Waals surface area contributed by atoms with Gasteiger partial charge < -0.3 is 0 Å². The fourth-order valence-electron chi connectivity index (χ4n) is 2.76. The highest BCUT2D eigenvalue weighted by Gasteiger charge is 2.25. The van der Waals surface area contributed by atoms with Crippen LogP contribution in [0.1, 0.15) is 80.1 Å². The van der Waals surface area contributed by atoms with Crippen molar-refractivity contribution in [3.63, 3.8) is 0 Å².